The molecule has 0 aliphatic heterocycles. The predicted octanol–water partition coefficient (Wildman–Crippen LogP) is 3.92. The van der Waals surface area contributed by atoms with Crippen molar-refractivity contribution in [2.24, 2.45) is 5.92 Å². The molecule has 3 heteroatoms. The first kappa shape index (κ1) is 14.6. The summed E-state index contributed by atoms with van der Waals surface area (Å²) in [6.45, 7) is 12.2. The highest BCUT2D eigenvalue weighted by molar-refractivity contribution is 5.28. The van der Waals surface area contributed by atoms with Crippen molar-refractivity contribution >= 4 is 0 Å². The van der Waals surface area contributed by atoms with Crippen molar-refractivity contribution in [3.05, 3.63) is 17.0 Å². The summed E-state index contributed by atoms with van der Waals surface area (Å²) < 4.78 is 2.31. The Bertz CT molecular complexity index is 422. The van der Waals surface area contributed by atoms with E-state index in [1.54, 1.807) is 0 Å². The van der Waals surface area contributed by atoms with E-state index < -0.39 is 0 Å². The van der Waals surface area contributed by atoms with E-state index in [9.17, 15) is 0 Å². The fourth-order valence-electron chi connectivity index (χ4n) is 3.69. The third-order valence-corrected chi connectivity index (χ3v) is 4.58. The summed E-state index contributed by atoms with van der Waals surface area (Å²) in [6.07, 6.45) is 5.32. The molecule has 0 amide bonds. The lowest BCUT2D eigenvalue weighted by Crippen LogP contribution is -2.21. The molecule has 0 saturated heterocycles. The zero-order chi connectivity index (χ0) is 14.0. The van der Waals surface area contributed by atoms with Crippen LogP contribution in [-0.4, -0.2) is 16.3 Å². The fourth-order valence-corrected chi connectivity index (χ4v) is 3.69. The maximum absolute atomic E-state index is 4.85. The molecule has 1 aliphatic carbocycles. The van der Waals surface area contributed by atoms with Crippen LogP contribution in [0.2, 0.25) is 0 Å². The van der Waals surface area contributed by atoms with Crippen LogP contribution in [0.15, 0.2) is 0 Å². The van der Waals surface area contributed by atoms with Gasteiger partial charge in [0.25, 0.3) is 0 Å². The number of aromatic nitrogens is 2. The number of hydrogen-bond acceptors (Lipinski definition) is 2. The van der Waals surface area contributed by atoms with Crippen molar-refractivity contribution in [3.63, 3.8) is 0 Å². The zero-order valence-electron chi connectivity index (χ0n) is 13.2. The summed E-state index contributed by atoms with van der Waals surface area (Å²) in [5, 5.41) is 8.36. The lowest BCUT2D eigenvalue weighted by Gasteiger charge is -2.28. The van der Waals surface area contributed by atoms with Gasteiger partial charge in [0.1, 0.15) is 0 Å². The Morgan fingerprint density at radius 3 is 2.74 bits per heavy atom. The summed E-state index contributed by atoms with van der Waals surface area (Å²) in [6, 6.07) is 1.02. The van der Waals surface area contributed by atoms with Crippen LogP contribution < -0.4 is 5.32 Å². The Labute approximate surface area is 117 Å². The summed E-state index contributed by atoms with van der Waals surface area (Å²) >= 11 is 0. The predicted molar refractivity (Wildman–Crippen MR) is 80.5 cm³/mol. The van der Waals surface area contributed by atoms with Crippen LogP contribution in [0.25, 0.3) is 0 Å². The van der Waals surface area contributed by atoms with Gasteiger partial charge in [-0.1, -0.05) is 26.7 Å². The van der Waals surface area contributed by atoms with Crippen molar-refractivity contribution in [1.29, 1.82) is 0 Å². The van der Waals surface area contributed by atoms with E-state index in [1.807, 2.05) is 0 Å². The molecule has 1 aliphatic rings. The van der Waals surface area contributed by atoms with Gasteiger partial charge in [-0.05, 0) is 46.1 Å². The summed E-state index contributed by atoms with van der Waals surface area (Å²) in [5.41, 5.74) is 3.97. The summed E-state index contributed by atoms with van der Waals surface area (Å²) in [5.74, 6) is 0.845. The van der Waals surface area contributed by atoms with Crippen molar-refractivity contribution in [2.75, 3.05) is 6.54 Å². The second-order valence-electron chi connectivity index (χ2n) is 6.23. The largest absolute Gasteiger partial charge is 0.310 e. The summed E-state index contributed by atoms with van der Waals surface area (Å²) in [4.78, 5) is 0. The minimum Gasteiger partial charge on any atom is -0.310 e. The average Bonchev–Trinajstić information content (AvgIpc) is 2.65. The van der Waals surface area contributed by atoms with Crippen molar-refractivity contribution in [1.82, 2.24) is 15.1 Å². The van der Waals surface area contributed by atoms with Crippen LogP contribution in [0, 0.1) is 19.8 Å². The molecule has 1 fully saturated rings. The van der Waals surface area contributed by atoms with E-state index in [0.717, 1.165) is 12.5 Å². The molecular weight excluding hydrogens is 234 g/mol. The highest BCUT2D eigenvalue weighted by Crippen LogP contribution is 2.34. The number of rotatable bonds is 4. The normalized spacial score (nSPS) is 25.5. The zero-order valence-corrected chi connectivity index (χ0v) is 13.2. The maximum atomic E-state index is 4.85. The third-order valence-electron chi connectivity index (χ3n) is 4.58. The molecule has 3 atom stereocenters. The number of nitrogens with zero attached hydrogens (tertiary/aromatic N) is 2. The molecule has 1 aromatic heterocycles. The maximum Gasteiger partial charge on any atom is 0.0644 e. The Balaban J connectivity index is 2.25. The Morgan fingerprint density at radius 2 is 2.11 bits per heavy atom. The molecule has 3 unspecified atom stereocenters. The third kappa shape index (κ3) is 3.02. The highest BCUT2D eigenvalue weighted by Gasteiger charge is 2.25. The van der Waals surface area contributed by atoms with E-state index >= 15 is 0 Å². The van der Waals surface area contributed by atoms with Gasteiger partial charge in [-0.3, -0.25) is 4.68 Å². The van der Waals surface area contributed by atoms with Gasteiger partial charge in [0.15, 0.2) is 0 Å². The highest BCUT2D eigenvalue weighted by atomic mass is 15.3. The second-order valence-corrected chi connectivity index (χ2v) is 6.23. The average molecular weight is 263 g/mol. The minimum atomic E-state index is 0.403. The molecule has 1 N–H and O–H groups in total. The molecule has 0 spiro atoms. The lowest BCUT2D eigenvalue weighted by atomic mass is 9.87. The smallest absolute Gasteiger partial charge is 0.0644 e. The van der Waals surface area contributed by atoms with Crippen molar-refractivity contribution < 1.29 is 0 Å². The Morgan fingerprint density at radius 1 is 1.37 bits per heavy atom. The standard InChI is InChI=1S/C16H29N3/c1-6-17-12(3)16-13(4)18-19(14(16)5)15-9-7-8-11(2)10-15/h11-12,15,17H,6-10H2,1-5H3. The first-order valence-electron chi connectivity index (χ1n) is 7.83. The molecule has 0 radical (unpaired) electrons. The molecule has 0 bridgehead atoms. The lowest BCUT2D eigenvalue weighted by molar-refractivity contribution is 0.263. The number of nitrogens with one attached hydrogen (secondary N) is 1. The molecule has 108 valence electrons. The Kier molecular flexibility index (Phi) is 4.67. The topological polar surface area (TPSA) is 29.9 Å². The molecule has 1 heterocycles. The SMILES string of the molecule is CCNC(C)c1c(C)nn(C2CCCC(C)C2)c1C. The Hall–Kier alpha value is -0.830. The quantitative estimate of drug-likeness (QED) is 0.892. The second kappa shape index (κ2) is 6.08. The molecule has 1 saturated carbocycles. The molecular formula is C16H29N3. The van der Waals surface area contributed by atoms with Gasteiger partial charge in [-0.15, -0.1) is 0 Å². The van der Waals surface area contributed by atoms with Crippen LogP contribution >= 0.6 is 0 Å². The van der Waals surface area contributed by atoms with Gasteiger partial charge < -0.3 is 5.32 Å². The van der Waals surface area contributed by atoms with Crippen molar-refractivity contribution in [3.8, 4) is 0 Å². The molecule has 3 nitrogen and oxygen atoms in total. The monoisotopic (exact) mass is 263 g/mol. The van der Waals surface area contributed by atoms with E-state index in [1.165, 1.54) is 42.6 Å². The van der Waals surface area contributed by atoms with E-state index in [4.69, 9.17) is 5.10 Å². The summed E-state index contributed by atoms with van der Waals surface area (Å²) in [7, 11) is 0. The van der Waals surface area contributed by atoms with Crippen LogP contribution in [-0.2, 0) is 0 Å². The van der Waals surface area contributed by atoms with E-state index in [-0.39, 0.29) is 0 Å². The van der Waals surface area contributed by atoms with Crippen LogP contribution in [0.1, 0.15) is 75.5 Å². The van der Waals surface area contributed by atoms with Gasteiger partial charge in [0.05, 0.1) is 11.7 Å². The first-order valence-corrected chi connectivity index (χ1v) is 7.83. The molecule has 19 heavy (non-hydrogen) atoms. The molecule has 0 aromatic carbocycles. The van der Waals surface area contributed by atoms with Crippen LogP contribution in [0.3, 0.4) is 0 Å². The van der Waals surface area contributed by atoms with E-state index in [0.29, 0.717) is 12.1 Å². The van der Waals surface area contributed by atoms with Gasteiger partial charge in [0.2, 0.25) is 0 Å². The van der Waals surface area contributed by atoms with E-state index in [2.05, 4.69) is 44.6 Å². The van der Waals surface area contributed by atoms with Crippen LogP contribution in [0.5, 0.6) is 0 Å². The molecule has 1 aromatic rings. The van der Waals surface area contributed by atoms with Gasteiger partial charge in [-0.2, -0.15) is 5.10 Å². The fraction of sp³-hybridized carbons (Fsp3) is 0.812. The molecule has 2 rings (SSSR count). The van der Waals surface area contributed by atoms with Gasteiger partial charge in [0, 0.05) is 17.3 Å². The van der Waals surface area contributed by atoms with Gasteiger partial charge >= 0.3 is 0 Å². The van der Waals surface area contributed by atoms with Gasteiger partial charge in [-0.25, -0.2) is 0 Å². The number of aryl methyl sites for hydroxylation is 1. The van der Waals surface area contributed by atoms with Crippen molar-refractivity contribution in [2.45, 2.75) is 72.4 Å². The van der Waals surface area contributed by atoms with Crippen LogP contribution in [0.4, 0.5) is 0 Å². The minimum absolute atomic E-state index is 0.403. The number of hydrogen-bond donors (Lipinski definition) is 1. The first-order chi connectivity index (χ1) is 9.04.